The van der Waals surface area contributed by atoms with Crippen LogP contribution < -0.4 is 11.2 Å². The van der Waals surface area contributed by atoms with Gasteiger partial charge < -0.3 is 4.57 Å². The van der Waals surface area contributed by atoms with E-state index in [1.807, 2.05) is 6.92 Å². The van der Waals surface area contributed by atoms with E-state index in [1.165, 1.54) is 9.13 Å². The minimum absolute atomic E-state index is 0.165. The zero-order valence-electron chi connectivity index (χ0n) is 8.91. The van der Waals surface area contributed by atoms with Crippen LogP contribution in [0.1, 0.15) is 25.3 Å². The van der Waals surface area contributed by atoms with Gasteiger partial charge in [-0.05, 0) is 13.3 Å². The molecule has 0 radical (unpaired) electrons. The molecule has 0 aliphatic heterocycles. The standard InChI is InChI=1S/C10H16N2O2/c1-4-5-6-12-9(13)8(2)7-11(3)10(12)14/h7H,4-6H2,1-3H3. The normalized spacial score (nSPS) is 10.5. The second kappa shape index (κ2) is 4.26. The van der Waals surface area contributed by atoms with Crippen molar-refractivity contribution < 1.29 is 0 Å². The van der Waals surface area contributed by atoms with E-state index in [9.17, 15) is 9.59 Å². The highest BCUT2D eigenvalue weighted by Gasteiger charge is 2.05. The van der Waals surface area contributed by atoms with Gasteiger partial charge in [-0.15, -0.1) is 0 Å². The summed E-state index contributed by atoms with van der Waals surface area (Å²) in [4.78, 5) is 23.2. The van der Waals surface area contributed by atoms with E-state index < -0.39 is 0 Å². The molecule has 0 fully saturated rings. The second-order valence-corrected chi connectivity index (χ2v) is 3.52. The summed E-state index contributed by atoms with van der Waals surface area (Å²) in [7, 11) is 1.66. The van der Waals surface area contributed by atoms with Crippen LogP contribution in [0.25, 0.3) is 0 Å². The highest BCUT2D eigenvalue weighted by atomic mass is 16.2. The molecule has 0 aliphatic rings. The Kier molecular flexibility index (Phi) is 3.28. The van der Waals surface area contributed by atoms with Crippen molar-refractivity contribution in [3.63, 3.8) is 0 Å². The lowest BCUT2D eigenvalue weighted by atomic mass is 10.3. The first kappa shape index (κ1) is 10.8. The fourth-order valence-electron chi connectivity index (χ4n) is 1.40. The van der Waals surface area contributed by atoms with Gasteiger partial charge in [0.2, 0.25) is 0 Å². The number of aromatic nitrogens is 2. The third-order valence-corrected chi connectivity index (χ3v) is 2.24. The average Bonchev–Trinajstić information content (AvgIpc) is 2.15. The molecule has 1 heterocycles. The van der Waals surface area contributed by atoms with Gasteiger partial charge in [0.05, 0.1) is 0 Å². The Hall–Kier alpha value is -1.32. The Morgan fingerprint density at radius 1 is 1.36 bits per heavy atom. The van der Waals surface area contributed by atoms with Gasteiger partial charge in [-0.1, -0.05) is 13.3 Å². The van der Waals surface area contributed by atoms with Gasteiger partial charge in [0.25, 0.3) is 5.56 Å². The summed E-state index contributed by atoms with van der Waals surface area (Å²) < 4.78 is 2.76. The molecule has 0 atom stereocenters. The summed E-state index contributed by atoms with van der Waals surface area (Å²) in [6.45, 7) is 4.28. The molecule has 0 unspecified atom stereocenters. The first-order chi connectivity index (χ1) is 6.57. The molecule has 0 bridgehead atoms. The van der Waals surface area contributed by atoms with E-state index in [-0.39, 0.29) is 11.2 Å². The molecule has 0 spiro atoms. The summed E-state index contributed by atoms with van der Waals surface area (Å²) in [5, 5.41) is 0. The number of nitrogens with zero attached hydrogens (tertiary/aromatic N) is 2. The number of unbranched alkanes of at least 4 members (excludes halogenated alkanes) is 1. The molecule has 1 aromatic heterocycles. The van der Waals surface area contributed by atoms with E-state index in [4.69, 9.17) is 0 Å². The summed E-state index contributed by atoms with van der Waals surface area (Å²) in [6, 6.07) is 0. The average molecular weight is 196 g/mol. The highest BCUT2D eigenvalue weighted by Crippen LogP contribution is 1.90. The van der Waals surface area contributed by atoms with Gasteiger partial charge in [-0.3, -0.25) is 9.36 Å². The largest absolute Gasteiger partial charge is 0.330 e. The van der Waals surface area contributed by atoms with Crippen LogP contribution >= 0.6 is 0 Å². The maximum atomic E-state index is 11.6. The van der Waals surface area contributed by atoms with Crippen molar-refractivity contribution >= 4 is 0 Å². The first-order valence-electron chi connectivity index (χ1n) is 4.85. The van der Waals surface area contributed by atoms with Gasteiger partial charge in [0.1, 0.15) is 0 Å². The molecule has 0 amide bonds. The predicted molar refractivity (Wildman–Crippen MR) is 55.6 cm³/mol. The van der Waals surface area contributed by atoms with E-state index in [2.05, 4.69) is 0 Å². The van der Waals surface area contributed by atoms with E-state index >= 15 is 0 Å². The monoisotopic (exact) mass is 196 g/mol. The lowest BCUT2D eigenvalue weighted by Gasteiger charge is -2.07. The first-order valence-corrected chi connectivity index (χ1v) is 4.85. The summed E-state index contributed by atoms with van der Waals surface area (Å²) in [6.07, 6.45) is 3.41. The molecule has 0 saturated heterocycles. The van der Waals surface area contributed by atoms with Crippen molar-refractivity contribution in [2.45, 2.75) is 33.2 Å². The van der Waals surface area contributed by atoms with Crippen LogP contribution in [-0.2, 0) is 13.6 Å². The summed E-state index contributed by atoms with van der Waals surface area (Å²) in [5.74, 6) is 0. The van der Waals surface area contributed by atoms with Gasteiger partial charge in [0, 0.05) is 25.4 Å². The van der Waals surface area contributed by atoms with Crippen molar-refractivity contribution in [1.82, 2.24) is 9.13 Å². The fourth-order valence-corrected chi connectivity index (χ4v) is 1.40. The number of aryl methyl sites for hydroxylation is 2. The quantitative estimate of drug-likeness (QED) is 0.712. The summed E-state index contributed by atoms with van der Waals surface area (Å²) in [5.41, 5.74) is 0.221. The van der Waals surface area contributed by atoms with Crippen LogP contribution in [0.5, 0.6) is 0 Å². The fraction of sp³-hybridized carbons (Fsp3) is 0.600. The predicted octanol–water partition coefficient (Wildman–Crippen LogP) is 0.656. The lowest BCUT2D eigenvalue weighted by Crippen LogP contribution is -2.39. The van der Waals surface area contributed by atoms with Crippen molar-refractivity contribution in [3.8, 4) is 0 Å². The molecule has 0 saturated carbocycles. The Morgan fingerprint density at radius 3 is 2.57 bits per heavy atom. The maximum Gasteiger partial charge on any atom is 0.330 e. The number of rotatable bonds is 3. The Balaban J connectivity index is 3.26. The molecule has 0 N–H and O–H groups in total. The minimum Gasteiger partial charge on any atom is -0.303 e. The minimum atomic E-state index is -0.228. The van der Waals surface area contributed by atoms with Gasteiger partial charge >= 0.3 is 5.69 Å². The number of hydrogen-bond acceptors (Lipinski definition) is 2. The van der Waals surface area contributed by atoms with Crippen LogP contribution in [-0.4, -0.2) is 9.13 Å². The Labute approximate surface area is 82.8 Å². The highest BCUT2D eigenvalue weighted by molar-refractivity contribution is 5.02. The number of hydrogen-bond donors (Lipinski definition) is 0. The van der Waals surface area contributed by atoms with Crippen molar-refractivity contribution in [1.29, 1.82) is 0 Å². The molecule has 1 rings (SSSR count). The van der Waals surface area contributed by atoms with Crippen molar-refractivity contribution in [2.75, 3.05) is 0 Å². The van der Waals surface area contributed by atoms with Crippen molar-refractivity contribution in [2.24, 2.45) is 7.05 Å². The van der Waals surface area contributed by atoms with Crippen LogP contribution in [0.4, 0.5) is 0 Å². The third kappa shape index (κ3) is 1.95. The van der Waals surface area contributed by atoms with E-state index in [0.29, 0.717) is 12.1 Å². The second-order valence-electron chi connectivity index (χ2n) is 3.52. The molecule has 0 aromatic carbocycles. The van der Waals surface area contributed by atoms with Gasteiger partial charge in [-0.2, -0.15) is 0 Å². The molecule has 4 nitrogen and oxygen atoms in total. The van der Waals surface area contributed by atoms with E-state index in [0.717, 1.165) is 12.8 Å². The molecule has 14 heavy (non-hydrogen) atoms. The molecule has 4 heteroatoms. The Bertz CT molecular complexity index is 394. The van der Waals surface area contributed by atoms with Gasteiger partial charge in [-0.25, -0.2) is 4.79 Å². The molecule has 0 aliphatic carbocycles. The van der Waals surface area contributed by atoms with Crippen LogP contribution in [0.2, 0.25) is 0 Å². The zero-order chi connectivity index (χ0) is 10.7. The SMILES string of the molecule is CCCCn1c(=O)c(C)cn(C)c1=O. The summed E-state index contributed by atoms with van der Waals surface area (Å²) >= 11 is 0. The lowest BCUT2D eigenvalue weighted by molar-refractivity contribution is 0.553. The van der Waals surface area contributed by atoms with Crippen molar-refractivity contribution in [3.05, 3.63) is 32.6 Å². The van der Waals surface area contributed by atoms with Crippen LogP contribution in [0, 0.1) is 6.92 Å². The molecule has 78 valence electrons. The maximum absolute atomic E-state index is 11.6. The zero-order valence-corrected chi connectivity index (χ0v) is 8.91. The third-order valence-electron chi connectivity index (χ3n) is 2.24. The molecular weight excluding hydrogens is 180 g/mol. The topological polar surface area (TPSA) is 44.0 Å². The van der Waals surface area contributed by atoms with Crippen LogP contribution in [0.3, 0.4) is 0 Å². The van der Waals surface area contributed by atoms with Crippen LogP contribution in [0.15, 0.2) is 15.8 Å². The smallest absolute Gasteiger partial charge is 0.303 e. The molecule has 1 aromatic rings. The molecular formula is C10H16N2O2. The van der Waals surface area contributed by atoms with E-state index in [1.54, 1.807) is 20.2 Å². The Morgan fingerprint density at radius 2 is 2.00 bits per heavy atom. The van der Waals surface area contributed by atoms with Gasteiger partial charge in [0.15, 0.2) is 0 Å².